The van der Waals surface area contributed by atoms with E-state index in [0.29, 0.717) is 13.1 Å². The van der Waals surface area contributed by atoms with Gasteiger partial charge in [-0.3, -0.25) is 0 Å². The maximum atomic E-state index is 10.0. The molecule has 1 rings (SSSR count). The highest BCUT2D eigenvalue weighted by Crippen LogP contribution is 2.14. The van der Waals surface area contributed by atoms with Crippen molar-refractivity contribution in [1.29, 1.82) is 0 Å². The summed E-state index contributed by atoms with van der Waals surface area (Å²) in [7, 11) is 2.02. The predicted octanol–water partition coefficient (Wildman–Crippen LogP) is 2.43. The Hall–Kier alpha value is -1.06. The molecule has 1 unspecified atom stereocenters. The second-order valence-corrected chi connectivity index (χ2v) is 6.19. The predicted molar refractivity (Wildman–Crippen MR) is 82.9 cm³/mol. The normalized spacial score (nSPS) is 13.4. The fourth-order valence-corrected chi connectivity index (χ4v) is 1.90. The summed E-state index contributed by atoms with van der Waals surface area (Å²) in [5, 5.41) is 13.4. The number of aliphatic hydroxyl groups excluding tert-OH is 1. The molecule has 0 heterocycles. The van der Waals surface area contributed by atoms with E-state index in [4.69, 9.17) is 0 Å². The zero-order valence-electron chi connectivity index (χ0n) is 12.9. The highest BCUT2D eigenvalue weighted by molar-refractivity contribution is 5.46. The molecule has 0 bridgehead atoms. The molecular formula is C16H28N2O. The smallest absolute Gasteiger partial charge is 0.0839 e. The minimum atomic E-state index is -0.366. The second kappa shape index (κ2) is 6.92. The van der Waals surface area contributed by atoms with E-state index in [-0.39, 0.29) is 11.6 Å². The molecule has 0 saturated carbocycles. The zero-order chi connectivity index (χ0) is 14.5. The Bertz CT molecular complexity index is 367. The molecule has 1 aromatic carbocycles. The molecule has 1 atom stereocenters. The number of hydrogen-bond donors (Lipinski definition) is 2. The van der Waals surface area contributed by atoms with E-state index in [1.807, 2.05) is 7.05 Å². The average Bonchev–Trinajstić information content (AvgIpc) is 2.35. The molecule has 0 amide bonds. The van der Waals surface area contributed by atoms with Crippen LogP contribution in [0, 0.1) is 0 Å². The highest BCUT2D eigenvalue weighted by atomic mass is 16.3. The maximum Gasteiger partial charge on any atom is 0.0839 e. The van der Waals surface area contributed by atoms with Gasteiger partial charge in [-0.1, -0.05) is 19.1 Å². The van der Waals surface area contributed by atoms with Crippen LogP contribution in [0.1, 0.15) is 33.3 Å². The minimum Gasteiger partial charge on any atom is -0.390 e. The van der Waals surface area contributed by atoms with E-state index in [2.05, 4.69) is 62.2 Å². The van der Waals surface area contributed by atoms with Crippen molar-refractivity contribution in [2.45, 2.75) is 45.8 Å². The van der Waals surface area contributed by atoms with Crippen LogP contribution in [0.25, 0.3) is 0 Å². The average molecular weight is 264 g/mol. The van der Waals surface area contributed by atoms with E-state index in [1.54, 1.807) is 0 Å². The lowest BCUT2D eigenvalue weighted by molar-refractivity contribution is 0.167. The molecule has 0 radical (unpaired) electrons. The molecule has 0 aromatic heterocycles. The van der Waals surface area contributed by atoms with E-state index >= 15 is 0 Å². The zero-order valence-corrected chi connectivity index (χ0v) is 12.9. The number of likely N-dealkylation sites (N-methyl/N-ethyl adjacent to an activating group) is 1. The topological polar surface area (TPSA) is 35.5 Å². The number of hydrogen-bond acceptors (Lipinski definition) is 3. The van der Waals surface area contributed by atoms with Crippen LogP contribution >= 0.6 is 0 Å². The van der Waals surface area contributed by atoms with Gasteiger partial charge < -0.3 is 15.3 Å². The van der Waals surface area contributed by atoms with Gasteiger partial charge in [0.2, 0.25) is 0 Å². The summed E-state index contributed by atoms with van der Waals surface area (Å²) in [5.41, 5.74) is 2.53. The van der Waals surface area contributed by atoms with Crippen LogP contribution in [0.5, 0.6) is 0 Å². The molecular weight excluding hydrogens is 236 g/mol. The van der Waals surface area contributed by atoms with Gasteiger partial charge in [0.05, 0.1) is 6.10 Å². The quantitative estimate of drug-likeness (QED) is 0.828. The van der Waals surface area contributed by atoms with E-state index in [0.717, 1.165) is 12.1 Å². The molecule has 0 saturated heterocycles. The Morgan fingerprint density at radius 2 is 1.79 bits per heavy atom. The van der Waals surface area contributed by atoms with Gasteiger partial charge in [0.25, 0.3) is 0 Å². The summed E-state index contributed by atoms with van der Waals surface area (Å²) < 4.78 is 0. The standard InChI is InChI=1S/C16H28N2O/c1-6-13-7-9-14(10-8-13)18(5)12-15(19)11-17-16(2,3)4/h7-10,15,17,19H,6,11-12H2,1-5H3. The number of aryl methyl sites for hydroxylation is 1. The van der Waals surface area contributed by atoms with Crippen LogP contribution in [0.15, 0.2) is 24.3 Å². The Balaban J connectivity index is 2.46. The van der Waals surface area contributed by atoms with Crippen LogP contribution in [-0.2, 0) is 6.42 Å². The van der Waals surface area contributed by atoms with E-state index in [1.165, 1.54) is 5.56 Å². The van der Waals surface area contributed by atoms with Gasteiger partial charge in [-0.2, -0.15) is 0 Å². The van der Waals surface area contributed by atoms with Crippen LogP contribution < -0.4 is 10.2 Å². The van der Waals surface area contributed by atoms with Gasteiger partial charge in [-0.05, 0) is 44.9 Å². The molecule has 0 aliphatic heterocycles. The van der Waals surface area contributed by atoms with Crippen molar-refractivity contribution < 1.29 is 5.11 Å². The molecule has 1 aromatic rings. The number of aliphatic hydroxyl groups is 1. The second-order valence-electron chi connectivity index (χ2n) is 6.19. The summed E-state index contributed by atoms with van der Waals surface area (Å²) in [4.78, 5) is 2.09. The third-order valence-electron chi connectivity index (χ3n) is 3.14. The third kappa shape index (κ3) is 6.08. The first kappa shape index (κ1) is 16.0. The first-order valence-corrected chi connectivity index (χ1v) is 7.05. The number of anilines is 1. The Kier molecular flexibility index (Phi) is 5.83. The van der Waals surface area contributed by atoms with Crippen molar-refractivity contribution in [2.24, 2.45) is 0 Å². The molecule has 0 spiro atoms. The minimum absolute atomic E-state index is 0.0440. The maximum absolute atomic E-state index is 10.0. The summed E-state index contributed by atoms with van der Waals surface area (Å²) in [6, 6.07) is 8.52. The van der Waals surface area contributed by atoms with E-state index < -0.39 is 0 Å². The largest absolute Gasteiger partial charge is 0.390 e. The van der Waals surface area contributed by atoms with Gasteiger partial charge in [-0.25, -0.2) is 0 Å². The summed E-state index contributed by atoms with van der Waals surface area (Å²) in [6.07, 6.45) is 0.692. The summed E-state index contributed by atoms with van der Waals surface area (Å²) >= 11 is 0. The summed E-state index contributed by atoms with van der Waals surface area (Å²) in [6.45, 7) is 9.71. The fraction of sp³-hybridized carbons (Fsp3) is 0.625. The first-order chi connectivity index (χ1) is 8.81. The van der Waals surface area contributed by atoms with Gasteiger partial charge in [0.15, 0.2) is 0 Å². The summed E-state index contributed by atoms with van der Waals surface area (Å²) in [5.74, 6) is 0. The van der Waals surface area contributed by atoms with Crippen LogP contribution in [0.3, 0.4) is 0 Å². The van der Waals surface area contributed by atoms with Crippen molar-refractivity contribution in [3.63, 3.8) is 0 Å². The SMILES string of the molecule is CCc1ccc(N(C)CC(O)CNC(C)(C)C)cc1. The number of nitrogens with one attached hydrogen (secondary N) is 1. The Morgan fingerprint density at radius 1 is 1.21 bits per heavy atom. The molecule has 3 nitrogen and oxygen atoms in total. The lowest BCUT2D eigenvalue weighted by Gasteiger charge is -2.26. The van der Waals surface area contributed by atoms with Crippen molar-refractivity contribution >= 4 is 5.69 Å². The molecule has 19 heavy (non-hydrogen) atoms. The molecule has 2 N–H and O–H groups in total. The number of β-amino-alcohol motifs (C(OH)–C–C–N with tert-alkyl or cyclic N) is 1. The number of rotatable bonds is 6. The van der Waals surface area contributed by atoms with Crippen molar-refractivity contribution in [3.8, 4) is 0 Å². The van der Waals surface area contributed by atoms with Crippen LogP contribution in [0.2, 0.25) is 0 Å². The molecule has 0 fully saturated rings. The van der Waals surface area contributed by atoms with Gasteiger partial charge >= 0.3 is 0 Å². The van der Waals surface area contributed by atoms with Gasteiger partial charge in [-0.15, -0.1) is 0 Å². The van der Waals surface area contributed by atoms with Crippen LogP contribution in [0.4, 0.5) is 5.69 Å². The highest BCUT2D eigenvalue weighted by Gasteiger charge is 2.13. The van der Waals surface area contributed by atoms with Crippen molar-refractivity contribution in [1.82, 2.24) is 5.32 Å². The van der Waals surface area contributed by atoms with Gasteiger partial charge in [0.1, 0.15) is 0 Å². The fourth-order valence-electron chi connectivity index (χ4n) is 1.90. The molecule has 3 heteroatoms. The Morgan fingerprint density at radius 3 is 2.26 bits per heavy atom. The van der Waals surface area contributed by atoms with Crippen LogP contribution in [-0.4, -0.2) is 36.9 Å². The van der Waals surface area contributed by atoms with E-state index in [9.17, 15) is 5.11 Å². The monoisotopic (exact) mass is 264 g/mol. The Labute approximate surface area is 117 Å². The van der Waals surface area contributed by atoms with Crippen molar-refractivity contribution in [2.75, 3.05) is 25.0 Å². The lowest BCUT2D eigenvalue weighted by atomic mass is 10.1. The number of nitrogens with zero attached hydrogens (tertiary/aromatic N) is 1. The molecule has 0 aliphatic rings. The molecule has 0 aliphatic carbocycles. The van der Waals surface area contributed by atoms with Crippen molar-refractivity contribution in [3.05, 3.63) is 29.8 Å². The molecule has 108 valence electrons. The van der Waals surface area contributed by atoms with Gasteiger partial charge in [0, 0.05) is 31.4 Å². The first-order valence-electron chi connectivity index (χ1n) is 7.05. The number of benzene rings is 1. The lowest BCUT2D eigenvalue weighted by Crippen LogP contribution is -2.44. The third-order valence-corrected chi connectivity index (χ3v) is 3.14.